The zero-order valence-electron chi connectivity index (χ0n) is 11.4. The van der Waals surface area contributed by atoms with Gasteiger partial charge in [0.25, 0.3) is 0 Å². The zero-order chi connectivity index (χ0) is 15.5. The normalized spacial score (nSPS) is 24.7. The molecule has 114 valence electrons. The quantitative estimate of drug-likeness (QED) is 0.528. The van der Waals surface area contributed by atoms with Gasteiger partial charge in [0.15, 0.2) is 0 Å². The van der Waals surface area contributed by atoms with Crippen LogP contribution in [0.2, 0.25) is 0 Å². The molecule has 0 amide bonds. The van der Waals surface area contributed by atoms with Gasteiger partial charge in [0.2, 0.25) is 0 Å². The van der Waals surface area contributed by atoms with Gasteiger partial charge in [-0.25, -0.2) is 9.07 Å². The van der Waals surface area contributed by atoms with Crippen molar-refractivity contribution in [1.29, 1.82) is 0 Å². The smallest absolute Gasteiger partial charge is 0.123 e. The number of hydrogen-bond acceptors (Lipinski definition) is 5. The SMILES string of the molecule is [N-]=[N+]=N[C@@H]1COC[C@H](n2cc(-c3cccc(F)c3)nn2)[C@H]1O. The molecule has 0 bridgehead atoms. The second kappa shape index (κ2) is 6.10. The van der Waals surface area contributed by atoms with Gasteiger partial charge in [-0.05, 0) is 17.7 Å². The molecule has 0 spiro atoms. The van der Waals surface area contributed by atoms with Crippen molar-refractivity contribution in [2.45, 2.75) is 18.2 Å². The molecule has 1 aliphatic rings. The third kappa shape index (κ3) is 2.77. The number of azide groups is 1. The number of hydrogen-bond donors (Lipinski definition) is 1. The van der Waals surface area contributed by atoms with Crippen LogP contribution in [-0.4, -0.2) is 45.5 Å². The highest BCUT2D eigenvalue weighted by molar-refractivity contribution is 5.57. The Hall–Kier alpha value is -2.48. The number of aliphatic hydroxyl groups excluding tert-OH is 1. The summed E-state index contributed by atoms with van der Waals surface area (Å²) in [5.41, 5.74) is 9.56. The predicted octanol–water partition coefficient (Wildman–Crippen LogP) is 1.70. The van der Waals surface area contributed by atoms with E-state index in [1.165, 1.54) is 16.8 Å². The molecule has 3 atom stereocenters. The van der Waals surface area contributed by atoms with Gasteiger partial charge in [-0.3, -0.25) is 0 Å². The van der Waals surface area contributed by atoms with Gasteiger partial charge < -0.3 is 9.84 Å². The topological polar surface area (TPSA) is 109 Å². The van der Waals surface area contributed by atoms with Crippen LogP contribution in [0.1, 0.15) is 6.04 Å². The Labute approximate surface area is 124 Å². The van der Waals surface area contributed by atoms with E-state index in [1.807, 2.05) is 0 Å². The monoisotopic (exact) mass is 304 g/mol. The Morgan fingerprint density at radius 3 is 3.09 bits per heavy atom. The lowest BCUT2D eigenvalue weighted by Gasteiger charge is -2.31. The first-order chi connectivity index (χ1) is 10.7. The van der Waals surface area contributed by atoms with E-state index in [0.29, 0.717) is 11.3 Å². The van der Waals surface area contributed by atoms with Crippen molar-refractivity contribution in [2.75, 3.05) is 13.2 Å². The molecule has 3 rings (SSSR count). The predicted molar refractivity (Wildman–Crippen MR) is 74.2 cm³/mol. The number of nitrogens with zero attached hydrogens (tertiary/aromatic N) is 6. The van der Waals surface area contributed by atoms with Gasteiger partial charge in [0, 0.05) is 10.5 Å². The summed E-state index contributed by atoms with van der Waals surface area (Å²) in [4.78, 5) is 2.70. The second-order valence-electron chi connectivity index (χ2n) is 4.96. The molecular formula is C13H13FN6O2. The van der Waals surface area contributed by atoms with Gasteiger partial charge in [-0.15, -0.1) is 5.10 Å². The summed E-state index contributed by atoms with van der Waals surface area (Å²) in [5.74, 6) is -0.364. The minimum absolute atomic E-state index is 0.160. The lowest BCUT2D eigenvalue weighted by Crippen LogP contribution is -2.44. The average Bonchev–Trinajstić information content (AvgIpc) is 2.99. The second-order valence-corrected chi connectivity index (χ2v) is 4.96. The summed E-state index contributed by atoms with van der Waals surface area (Å²) in [6, 6.07) is 4.81. The minimum Gasteiger partial charge on any atom is -0.390 e. The average molecular weight is 304 g/mol. The van der Waals surface area contributed by atoms with E-state index >= 15 is 0 Å². The van der Waals surface area contributed by atoms with Crippen molar-refractivity contribution >= 4 is 0 Å². The molecule has 2 heterocycles. The Kier molecular flexibility index (Phi) is 4.01. The molecule has 0 unspecified atom stereocenters. The fourth-order valence-electron chi connectivity index (χ4n) is 2.38. The summed E-state index contributed by atoms with van der Waals surface area (Å²) in [6.45, 7) is 0.387. The molecule has 1 saturated heterocycles. The number of benzene rings is 1. The Bertz CT molecular complexity index is 714. The summed E-state index contributed by atoms with van der Waals surface area (Å²) < 4.78 is 20.0. The van der Waals surface area contributed by atoms with Crippen molar-refractivity contribution in [3.63, 3.8) is 0 Å². The molecule has 1 aromatic carbocycles. The minimum atomic E-state index is -0.924. The van der Waals surface area contributed by atoms with Crippen LogP contribution >= 0.6 is 0 Å². The molecule has 2 aromatic rings. The van der Waals surface area contributed by atoms with Crippen molar-refractivity contribution in [3.05, 3.63) is 46.7 Å². The molecular weight excluding hydrogens is 291 g/mol. The highest BCUT2D eigenvalue weighted by atomic mass is 19.1. The van der Waals surface area contributed by atoms with Crippen molar-refractivity contribution in [3.8, 4) is 11.3 Å². The number of rotatable bonds is 3. The molecule has 9 heteroatoms. The van der Waals surface area contributed by atoms with E-state index in [4.69, 9.17) is 10.3 Å². The maximum atomic E-state index is 13.3. The van der Waals surface area contributed by atoms with Gasteiger partial charge in [0.05, 0.1) is 31.6 Å². The van der Waals surface area contributed by atoms with E-state index in [2.05, 4.69) is 20.3 Å². The third-order valence-corrected chi connectivity index (χ3v) is 3.54. The maximum absolute atomic E-state index is 13.3. The van der Waals surface area contributed by atoms with Crippen molar-refractivity contribution < 1.29 is 14.2 Å². The molecule has 8 nitrogen and oxygen atoms in total. The van der Waals surface area contributed by atoms with Crippen LogP contribution in [0.3, 0.4) is 0 Å². The lowest BCUT2D eigenvalue weighted by atomic mass is 10.0. The van der Waals surface area contributed by atoms with Gasteiger partial charge in [0.1, 0.15) is 17.6 Å². The Morgan fingerprint density at radius 1 is 1.45 bits per heavy atom. The van der Waals surface area contributed by atoms with Crippen LogP contribution in [0, 0.1) is 5.82 Å². The summed E-state index contributed by atoms with van der Waals surface area (Å²) >= 11 is 0. The van der Waals surface area contributed by atoms with Crippen LogP contribution < -0.4 is 0 Å². The molecule has 22 heavy (non-hydrogen) atoms. The first-order valence-electron chi connectivity index (χ1n) is 6.67. The zero-order valence-corrected chi connectivity index (χ0v) is 11.4. The molecule has 1 aliphatic heterocycles. The third-order valence-electron chi connectivity index (χ3n) is 3.54. The Balaban J connectivity index is 1.85. The maximum Gasteiger partial charge on any atom is 0.123 e. The van der Waals surface area contributed by atoms with E-state index in [-0.39, 0.29) is 19.0 Å². The van der Waals surface area contributed by atoms with E-state index < -0.39 is 18.2 Å². The number of ether oxygens (including phenoxy) is 1. The van der Waals surface area contributed by atoms with Crippen molar-refractivity contribution in [1.82, 2.24) is 15.0 Å². The molecule has 1 aromatic heterocycles. The number of aliphatic hydroxyl groups is 1. The number of halogens is 1. The standard InChI is InChI=1S/C13H13FN6O2/c14-9-3-1-2-8(4-9)10-5-20(19-17-10)12-7-22-6-11(13(12)21)16-18-15/h1-5,11-13,21H,6-7H2/t11-,12+,13+/m1/s1. The molecule has 0 radical (unpaired) electrons. The highest BCUT2D eigenvalue weighted by Gasteiger charge is 2.34. The number of aromatic nitrogens is 3. The molecule has 1 fully saturated rings. The van der Waals surface area contributed by atoms with Crippen LogP contribution in [0.5, 0.6) is 0 Å². The van der Waals surface area contributed by atoms with Crippen LogP contribution in [0.25, 0.3) is 21.7 Å². The van der Waals surface area contributed by atoms with Gasteiger partial charge in [-0.1, -0.05) is 22.5 Å². The first-order valence-corrected chi connectivity index (χ1v) is 6.67. The lowest BCUT2D eigenvalue weighted by molar-refractivity contribution is -0.0481. The largest absolute Gasteiger partial charge is 0.390 e. The van der Waals surface area contributed by atoms with Crippen LogP contribution in [0.15, 0.2) is 35.6 Å². The molecule has 0 saturated carbocycles. The van der Waals surface area contributed by atoms with Crippen LogP contribution in [0.4, 0.5) is 4.39 Å². The summed E-state index contributed by atoms with van der Waals surface area (Å²) in [5, 5.41) is 21.7. The van der Waals surface area contributed by atoms with E-state index in [0.717, 1.165) is 0 Å². The van der Waals surface area contributed by atoms with Gasteiger partial charge >= 0.3 is 0 Å². The summed E-state index contributed by atoms with van der Waals surface area (Å²) in [7, 11) is 0. The fourth-order valence-corrected chi connectivity index (χ4v) is 2.38. The van der Waals surface area contributed by atoms with Crippen molar-refractivity contribution in [2.24, 2.45) is 5.11 Å². The van der Waals surface area contributed by atoms with E-state index in [1.54, 1.807) is 18.3 Å². The van der Waals surface area contributed by atoms with Crippen LogP contribution in [-0.2, 0) is 4.74 Å². The summed E-state index contributed by atoms with van der Waals surface area (Å²) in [6.07, 6.45) is 0.677. The van der Waals surface area contributed by atoms with Gasteiger partial charge in [-0.2, -0.15) is 0 Å². The molecule has 0 aliphatic carbocycles. The fraction of sp³-hybridized carbons (Fsp3) is 0.385. The van der Waals surface area contributed by atoms with E-state index in [9.17, 15) is 9.50 Å². The Morgan fingerprint density at radius 2 is 2.32 bits per heavy atom. The highest BCUT2D eigenvalue weighted by Crippen LogP contribution is 2.24. The first kappa shape index (κ1) is 14.5. The molecule has 1 N–H and O–H groups in total.